The van der Waals surface area contributed by atoms with Crippen LogP contribution in [0.1, 0.15) is 23.0 Å². The van der Waals surface area contributed by atoms with Crippen molar-refractivity contribution in [2.75, 3.05) is 16.8 Å². The van der Waals surface area contributed by atoms with Crippen LogP contribution in [0.15, 0.2) is 71.3 Å². The number of rotatable bonds is 5. The molecule has 1 amide bonds. The molecule has 3 heterocycles. The van der Waals surface area contributed by atoms with E-state index in [4.69, 9.17) is 16.1 Å². The lowest BCUT2D eigenvalue weighted by atomic mass is 10.1. The maximum absolute atomic E-state index is 12.9. The van der Waals surface area contributed by atoms with Crippen molar-refractivity contribution >= 4 is 33.2 Å². The minimum atomic E-state index is -3.15. The summed E-state index contributed by atoms with van der Waals surface area (Å²) >= 11 is 5.99. The summed E-state index contributed by atoms with van der Waals surface area (Å²) < 4.78 is 31.0. The molecule has 5 rings (SSSR count). The van der Waals surface area contributed by atoms with E-state index in [1.807, 2.05) is 42.5 Å². The van der Waals surface area contributed by atoms with E-state index < -0.39 is 15.7 Å². The van der Waals surface area contributed by atoms with Gasteiger partial charge < -0.3 is 9.84 Å². The number of sulfone groups is 1. The van der Waals surface area contributed by atoms with Crippen LogP contribution in [0.4, 0.5) is 5.82 Å². The third-order valence-electron chi connectivity index (χ3n) is 5.47. The summed E-state index contributed by atoms with van der Waals surface area (Å²) in [7, 11) is -3.15. The van der Waals surface area contributed by atoms with Gasteiger partial charge in [0.15, 0.2) is 21.3 Å². The Morgan fingerprint density at radius 1 is 1.06 bits per heavy atom. The van der Waals surface area contributed by atoms with E-state index in [0.29, 0.717) is 28.7 Å². The van der Waals surface area contributed by atoms with Crippen LogP contribution in [0.5, 0.6) is 0 Å². The number of amides is 1. The highest BCUT2D eigenvalue weighted by Gasteiger charge is 2.32. The fraction of sp³-hybridized carbons (Fsp3) is 0.174. The molecular formula is C23H19ClN4O4S. The van der Waals surface area contributed by atoms with E-state index in [9.17, 15) is 13.2 Å². The number of anilines is 1. The van der Waals surface area contributed by atoms with Gasteiger partial charge in [0.25, 0.3) is 5.91 Å². The Kier molecular flexibility index (Phi) is 5.51. The summed E-state index contributed by atoms with van der Waals surface area (Å²) in [6.07, 6.45) is 0.426. The normalized spacial score (nSPS) is 17.2. The molecule has 10 heteroatoms. The van der Waals surface area contributed by atoms with Crippen LogP contribution in [0.25, 0.3) is 22.6 Å². The van der Waals surface area contributed by atoms with Crippen LogP contribution in [-0.2, 0) is 9.84 Å². The summed E-state index contributed by atoms with van der Waals surface area (Å²) in [4.78, 5) is 12.9. The highest BCUT2D eigenvalue weighted by Crippen LogP contribution is 2.31. The van der Waals surface area contributed by atoms with Gasteiger partial charge in [0, 0.05) is 28.3 Å². The van der Waals surface area contributed by atoms with Crippen molar-refractivity contribution in [2.24, 2.45) is 0 Å². The topological polar surface area (TPSA) is 107 Å². The molecule has 8 nitrogen and oxygen atoms in total. The fourth-order valence-corrected chi connectivity index (χ4v) is 5.62. The number of nitrogens with zero attached hydrogens (tertiary/aromatic N) is 3. The van der Waals surface area contributed by atoms with Gasteiger partial charge in [-0.3, -0.25) is 4.79 Å². The van der Waals surface area contributed by atoms with Gasteiger partial charge in [0.05, 0.1) is 23.2 Å². The van der Waals surface area contributed by atoms with Gasteiger partial charge in [-0.05, 0) is 18.6 Å². The zero-order chi connectivity index (χ0) is 23.0. The minimum Gasteiger partial charge on any atom is -0.355 e. The number of benzene rings is 2. The molecule has 33 heavy (non-hydrogen) atoms. The van der Waals surface area contributed by atoms with Crippen molar-refractivity contribution in [3.8, 4) is 22.6 Å². The molecule has 4 aromatic rings. The molecule has 1 aliphatic heterocycles. The average molecular weight is 483 g/mol. The number of carbonyl (C=O) groups excluding carboxylic acids is 1. The van der Waals surface area contributed by atoms with Crippen LogP contribution in [-0.4, -0.2) is 40.8 Å². The molecule has 1 fully saturated rings. The summed E-state index contributed by atoms with van der Waals surface area (Å²) in [6, 6.07) is 19.4. The molecule has 2 aromatic heterocycles. The van der Waals surface area contributed by atoms with Gasteiger partial charge >= 0.3 is 0 Å². The second-order valence-electron chi connectivity index (χ2n) is 7.82. The number of aromatic nitrogens is 3. The van der Waals surface area contributed by atoms with Gasteiger partial charge in [0.1, 0.15) is 5.82 Å². The molecule has 0 bridgehead atoms. The first-order valence-electron chi connectivity index (χ1n) is 10.3. The molecule has 0 saturated carbocycles. The third-order valence-corrected chi connectivity index (χ3v) is 7.48. The van der Waals surface area contributed by atoms with Crippen LogP contribution in [0.3, 0.4) is 0 Å². The highest BCUT2D eigenvalue weighted by atomic mass is 35.5. The fourth-order valence-electron chi connectivity index (χ4n) is 3.80. The number of carbonyl (C=O) groups is 1. The Bertz CT molecular complexity index is 1410. The molecule has 168 valence electrons. The first kappa shape index (κ1) is 21.4. The molecule has 1 aliphatic rings. The molecular weight excluding hydrogens is 464 g/mol. The molecule has 0 radical (unpaired) electrons. The predicted octanol–water partition coefficient (Wildman–Crippen LogP) is 4.47. The number of hydrogen-bond acceptors (Lipinski definition) is 6. The van der Waals surface area contributed by atoms with Crippen LogP contribution in [0, 0.1) is 0 Å². The number of hydrogen-bond donors (Lipinski definition) is 1. The van der Waals surface area contributed by atoms with Gasteiger partial charge in [-0.25, -0.2) is 13.1 Å². The third kappa shape index (κ3) is 4.55. The smallest absolute Gasteiger partial charge is 0.279 e. The summed E-state index contributed by atoms with van der Waals surface area (Å²) in [5.41, 5.74) is 2.29. The molecule has 1 atom stereocenters. The molecule has 0 spiro atoms. The lowest BCUT2D eigenvalue weighted by molar-refractivity contribution is 0.101. The average Bonchev–Trinajstić information content (AvgIpc) is 3.53. The maximum atomic E-state index is 12.9. The second-order valence-corrected chi connectivity index (χ2v) is 10.5. The molecule has 0 aliphatic carbocycles. The summed E-state index contributed by atoms with van der Waals surface area (Å²) in [5, 5.41) is 11.9. The Morgan fingerprint density at radius 2 is 1.82 bits per heavy atom. The van der Waals surface area contributed by atoms with Crippen molar-refractivity contribution in [3.05, 3.63) is 77.4 Å². The zero-order valence-electron chi connectivity index (χ0n) is 17.3. The standard InChI is InChI=1S/C23H19ClN4O4S/c24-17-8-6-15(7-9-17)19-13-22(28(26-19)18-10-11-33(30,31)14-18)25-23(29)20-12-21(32-27-20)16-4-2-1-3-5-16/h1-9,12-13,18H,10-11,14H2,(H,25,29). The molecule has 2 aromatic carbocycles. The zero-order valence-corrected chi connectivity index (χ0v) is 18.9. The van der Waals surface area contributed by atoms with Crippen molar-refractivity contribution in [1.29, 1.82) is 0 Å². The van der Waals surface area contributed by atoms with E-state index in [1.54, 1.807) is 28.9 Å². The van der Waals surface area contributed by atoms with E-state index in [1.165, 1.54) is 0 Å². The second kappa shape index (κ2) is 8.49. The van der Waals surface area contributed by atoms with Crippen molar-refractivity contribution < 1.29 is 17.7 Å². The maximum Gasteiger partial charge on any atom is 0.279 e. The Hall–Kier alpha value is -3.43. The molecule has 1 unspecified atom stereocenters. The lowest BCUT2D eigenvalue weighted by Gasteiger charge is -2.13. The molecule has 1 N–H and O–H groups in total. The monoisotopic (exact) mass is 482 g/mol. The number of nitrogens with one attached hydrogen (secondary N) is 1. The summed E-state index contributed by atoms with van der Waals surface area (Å²) in [5.74, 6) is 0.435. The van der Waals surface area contributed by atoms with Gasteiger partial charge in [-0.15, -0.1) is 0 Å². The molecule has 1 saturated heterocycles. The minimum absolute atomic E-state index is 0.0281. The first-order valence-corrected chi connectivity index (χ1v) is 12.5. The van der Waals surface area contributed by atoms with E-state index in [-0.39, 0.29) is 23.2 Å². The van der Waals surface area contributed by atoms with E-state index in [0.717, 1.165) is 11.1 Å². The Morgan fingerprint density at radius 3 is 2.52 bits per heavy atom. The predicted molar refractivity (Wildman–Crippen MR) is 125 cm³/mol. The van der Waals surface area contributed by atoms with Gasteiger partial charge in [-0.2, -0.15) is 5.10 Å². The van der Waals surface area contributed by atoms with Gasteiger partial charge in [0.2, 0.25) is 0 Å². The van der Waals surface area contributed by atoms with Crippen molar-refractivity contribution in [3.63, 3.8) is 0 Å². The number of halogens is 1. The summed E-state index contributed by atoms with van der Waals surface area (Å²) in [6.45, 7) is 0. The largest absolute Gasteiger partial charge is 0.355 e. The lowest BCUT2D eigenvalue weighted by Crippen LogP contribution is -2.19. The highest BCUT2D eigenvalue weighted by molar-refractivity contribution is 7.91. The van der Waals surface area contributed by atoms with Crippen molar-refractivity contribution in [1.82, 2.24) is 14.9 Å². The Balaban J connectivity index is 1.45. The first-order chi connectivity index (χ1) is 15.9. The quantitative estimate of drug-likeness (QED) is 0.449. The van der Waals surface area contributed by atoms with Crippen LogP contribution >= 0.6 is 11.6 Å². The van der Waals surface area contributed by atoms with Crippen LogP contribution in [0.2, 0.25) is 5.02 Å². The van der Waals surface area contributed by atoms with E-state index in [2.05, 4.69) is 15.6 Å². The van der Waals surface area contributed by atoms with Gasteiger partial charge in [-0.1, -0.05) is 59.2 Å². The van der Waals surface area contributed by atoms with E-state index >= 15 is 0 Å². The van der Waals surface area contributed by atoms with Crippen LogP contribution < -0.4 is 5.32 Å². The Labute approximate surface area is 195 Å². The SMILES string of the molecule is O=C(Nc1cc(-c2ccc(Cl)cc2)nn1C1CCS(=O)(=O)C1)c1cc(-c2ccccc2)on1. The van der Waals surface area contributed by atoms with Crippen molar-refractivity contribution in [2.45, 2.75) is 12.5 Å².